The molecule has 5 heteroatoms. The minimum atomic E-state index is -0.647. The zero-order valence-corrected chi connectivity index (χ0v) is 15.7. The van der Waals surface area contributed by atoms with Gasteiger partial charge in [0.25, 0.3) is 5.91 Å². The van der Waals surface area contributed by atoms with Gasteiger partial charge in [-0.25, -0.2) is 0 Å². The summed E-state index contributed by atoms with van der Waals surface area (Å²) in [4.78, 5) is 24.3. The molecule has 0 unspecified atom stereocenters. The lowest BCUT2D eigenvalue weighted by Crippen LogP contribution is -2.45. The third-order valence-electron chi connectivity index (χ3n) is 4.99. The molecule has 1 N–H and O–H groups in total. The fourth-order valence-electron chi connectivity index (χ4n) is 3.48. The first kappa shape index (κ1) is 19.0. The van der Waals surface area contributed by atoms with Crippen molar-refractivity contribution in [3.05, 3.63) is 54.6 Å². The number of nitrogens with one attached hydrogen (secondary N) is 1. The van der Waals surface area contributed by atoms with Gasteiger partial charge >= 0.3 is 5.97 Å². The summed E-state index contributed by atoms with van der Waals surface area (Å²) in [6.45, 7) is 1.71. The average Bonchev–Trinajstić information content (AvgIpc) is 3.16. The van der Waals surface area contributed by atoms with Gasteiger partial charge in [-0.2, -0.15) is 0 Å². The quantitative estimate of drug-likeness (QED) is 0.793. The topological polar surface area (TPSA) is 64.6 Å². The first-order chi connectivity index (χ1) is 13.1. The second kappa shape index (κ2) is 8.71. The lowest BCUT2D eigenvalue weighted by molar-refractivity contribution is -0.146. The smallest absolute Gasteiger partial charge is 0.310 e. The van der Waals surface area contributed by atoms with E-state index in [0.29, 0.717) is 5.75 Å². The van der Waals surface area contributed by atoms with E-state index in [4.69, 9.17) is 9.47 Å². The van der Waals surface area contributed by atoms with Crippen LogP contribution in [0, 0.1) is 5.92 Å². The van der Waals surface area contributed by atoms with E-state index in [1.165, 1.54) is 7.11 Å². The fraction of sp³-hybridized carbons (Fsp3) is 0.364. The minimum Gasteiger partial charge on any atom is -0.481 e. The van der Waals surface area contributed by atoms with Gasteiger partial charge in [-0.1, -0.05) is 48.9 Å². The maximum atomic E-state index is 12.5. The molecule has 5 nitrogen and oxygen atoms in total. The molecule has 0 saturated heterocycles. The normalized spacial score (nSPS) is 19.9. The number of rotatable bonds is 6. The molecule has 3 atom stereocenters. The highest BCUT2D eigenvalue weighted by atomic mass is 16.5. The van der Waals surface area contributed by atoms with E-state index in [2.05, 4.69) is 5.32 Å². The summed E-state index contributed by atoms with van der Waals surface area (Å²) in [7, 11) is 1.38. The number of benzene rings is 2. The van der Waals surface area contributed by atoms with Crippen molar-refractivity contribution in [3.63, 3.8) is 0 Å². The monoisotopic (exact) mass is 367 g/mol. The van der Waals surface area contributed by atoms with Crippen LogP contribution in [0.1, 0.15) is 26.2 Å². The molecule has 2 aromatic carbocycles. The molecule has 1 aliphatic carbocycles. The Morgan fingerprint density at radius 2 is 1.67 bits per heavy atom. The first-order valence-electron chi connectivity index (χ1n) is 9.29. The molecule has 0 spiro atoms. The van der Waals surface area contributed by atoms with Gasteiger partial charge in [0.05, 0.1) is 13.0 Å². The van der Waals surface area contributed by atoms with E-state index >= 15 is 0 Å². The second-order valence-electron chi connectivity index (χ2n) is 6.83. The molecule has 0 aromatic heterocycles. The van der Waals surface area contributed by atoms with Crippen LogP contribution in [0.2, 0.25) is 0 Å². The number of hydrogen-bond donors (Lipinski definition) is 1. The van der Waals surface area contributed by atoms with Gasteiger partial charge in [-0.3, -0.25) is 9.59 Å². The highest BCUT2D eigenvalue weighted by Gasteiger charge is 2.35. The number of methoxy groups -OCH3 is 1. The van der Waals surface area contributed by atoms with Gasteiger partial charge in [0, 0.05) is 6.04 Å². The molecule has 2 aromatic rings. The van der Waals surface area contributed by atoms with Crippen molar-refractivity contribution >= 4 is 11.9 Å². The Hall–Kier alpha value is -2.82. The molecular weight excluding hydrogens is 342 g/mol. The zero-order valence-electron chi connectivity index (χ0n) is 15.7. The van der Waals surface area contributed by atoms with Crippen molar-refractivity contribution in [1.82, 2.24) is 5.32 Å². The molecule has 3 rings (SSSR count). The summed E-state index contributed by atoms with van der Waals surface area (Å²) in [5.41, 5.74) is 2.22. The molecule has 27 heavy (non-hydrogen) atoms. The predicted octanol–water partition coefficient (Wildman–Crippen LogP) is 3.58. The Labute approximate surface area is 159 Å². The summed E-state index contributed by atoms with van der Waals surface area (Å²) in [6.07, 6.45) is 1.78. The standard InChI is InChI=1S/C22H25NO4/c1-15(21(24)23-20-10-6-9-19(20)22(25)26-2)27-18-13-11-17(12-14-18)16-7-4-3-5-8-16/h3-5,7-8,11-15,19-20H,6,9-10H2,1-2H3,(H,23,24)/t15-,19-,20+/m1/s1. The van der Waals surface area contributed by atoms with Crippen molar-refractivity contribution < 1.29 is 19.1 Å². The van der Waals surface area contributed by atoms with Crippen molar-refractivity contribution in [2.75, 3.05) is 7.11 Å². The number of ether oxygens (including phenoxy) is 2. The van der Waals surface area contributed by atoms with Crippen LogP contribution in [0.25, 0.3) is 11.1 Å². The molecule has 0 radical (unpaired) electrons. The molecule has 142 valence electrons. The fourth-order valence-corrected chi connectivity index (χ4v) is 3.48. The van der Waals surface area contributed by atoms with E-state index in [1.807, 2.05) is 54.6 Å². The second-order valence-corrected chi connectivity index (χ2v) is 6.83. The van der Waals surface area contributed by atoms with Crippen LogP contribution in [0.15, 0.2) is 54.6 Å². The number of hydrogen-bond acceptors (Lipinski definition) is 4. The van der Waals surface area contributed by atoms with Crippen LogP contribution < -0.4 is 10.1 Å². The Bertz CT molecular complexity index is 773. The highest BCUT2D eigenvalue weighted by Crippen LogP contribution is 2.27. The summed E-state index contributed by atoms with van der Waals surface area (Å²) in [5.74, 6) is -0.115. The molecule has 1 fully saturated rings. The molecular formula is C22H25NO4. The Kier molecular flexibility index (Phi) is 6.12. The van der Waals surface area contributed by atoms with Gasteiger partial charge in [0.2, 0.25) is 0 Å². The van der Waals surface area contributed by atoms with Crippen LogP contribution >= 0.6 is 0 Å². The van der Waals surface area contributed by atoms with Crippen molar-refractivity contribution in [2.24, 2.45) is 5.92 Å². The Balaban J connectivity index is 1.57. The number of esters is 1. The summed E-state index contributed by atoms with van der Waals surface area (Å²) in [5, 5.41) is 2.94. The third kappa shape index (κ3) is 4.67. The van der Waals surface area contributed by atoms with Gasteiger partial charge in [-0.15, -0.1) is 0 Å². The van der Waals surface area contributed by atoms with E-state index in [-0.39, 0.29) is 23.8 Å². The Morgan fingerprint density at radius 3 is 2.33 bits per heavy atom. The molecule has 1 saturated carbocycles. The number of amides is 1. The van der Waals surface area contributed by atoms with Crippen molar-refractivity contribution in [2.45, 2.75) is 38.3 Å². The molecule has 0 bridgehead atoms. The highest BCUT2D eigenvalue weighted by molar-refractivity contribution is 5.82. The van der Waals surface area contributed by atoms with Crippen LogP contribution in [-0.4, -0.2) is 31.1 Å². The molecule has 0 heterocycles. The molecule has 1 aliphatic rings. The van der Waals surface area contributed by atoms with E-state index in [1.54, 1.807) is 6.92 Å². The summed E-state index contributed by atoms with van der Waals surface area (Å²) >= 11 is 0. The summed E-state index contributed by atoms with van der Waals surface area (Å²) in [6, 6.07) is 17.5. The maximum Gasteiger partial charge on any atom is 0.310 e. The molecule has 1 amide bonds. The SMILES string of the molecule is COC(=O)[C@@H]1CCC[C@@H]1NC(=O)[C@@H](C)Oc1ccc(-c2ccccc2)cc1. The van der Waals surface area contributed by atoms with Crippen LogP contribution in [-0.2, 0) is 14.3 Å². The minimum absolute atomic E-state index is 0.184. The van der Waals surface area contributed by atoms with E-state index < -0.39 is 6.10 Å². The Morgan fingerprint density at radius 1 is 1.00 bits per heavy atom. The molecule has 0 aliphatic heterocycles. The number of carbonyl (C=O) groups excluding carboxylic acids is 2. The third-order valence-corrected chi connectivity index (χ3v) is 4.99. The zero-order chi connectivity index (χ0) is 19.2. The summed E-state index contributed by atoms with van der Waals surface area (Å²) < 4.78 is 10.6. The van der Waals surface area contributed by atoms with Gasteiger partial charge < -0.3 is 14.8 Å². The van der Waals surface area contributed by atoms with Gasteiger partial charge in [0.15, 0.2) is 6.10 Å². The van der Waals surface area contributed by atoms with E-state index in [0.717, 1.165) is 30.4 Å². The van der Waals surface area contributed by atoms with Crippen molar-refractivity contribution in [3.8, 4) is 16.9 Å². The largest absolute Gasteiger partial charge is 0.481 e. The van der Waals surface area contributed by atoms with Crippen LogP contribution in [0.4, 0.5) is 0 Å². The van der Waals surface area contributed by atoms with Crippen molar-refractivity contribution in [1.29, 1.82) is 0 Å². The number of carbonyl (C=O) groups is 2. The van der Waals surface area contributed by atoms with Crippen LogP contribution in [0.5, 0.6) is 5.75 Å². The van der Waals surface area contributed by atoms with E-state index in [9.17, 15) is 9.59 Å². The van der Waals surface area contributed by atoms with Gasteiger partial charge in [-0.05, 0) is 43.0 Å². The lowest BCUT2D eigenvalue weighted by atomic mass is 10.0. The first-order valence-corrected chi connectivity index (χ1v) is 9.29. The van der Waals surface area contributed by atoms with Gasteiger partial charge in [0.1, 0.15) is 5.75 Å². The lowest BCUT2D eigenvalue weighted by Gasteiger charge is -2.22. The van der Waals surface area contributed by atoms with Crippen LogP contribution in [0.3, 0.4) is 0 Å². The average molecular weight is 367 g/mol. The maximum absolute atomic E-state index is 12.5. The predicted molar refractivity (Wildman–Crippen MR) is 103 cm³/mol.